The molecule has 0 fully saturated rings. The highest BCUT2D eigenvalue weighted by atomic mass is 32.1. The zero-order valence-electron chi connectivity index (χ0n) is 5.96. The molecule has 0 atom stereocenters. The average molecular weight is 152 g/mol. The van der Waals surface area contributed by atoms with Gasteiger partial charge in [-0.1, -0.05) is 12.2 Å². The van der Waals surface area contributed by atoms with Gasteiger partial charge in [-0.2, -0.15) is 0 Å². The lowest BCUT2D eigenvalue weighted by Gasteiger charge is -1.96. The van der Waals surface area contributed by atoms with Crippen molar-refractivity contribution in [3.05, 3.63) is 23.3 Å². The highest BCUT2D eigenvalue weighted by molar-refractivity contribution is 7.79. The van der Waals surface area contributed by atoms with Crippen LogP contribution in [0.25, 0.3) is 0 Å². The van der Waals surface area contributed by atoms with Gasteiger partial charge in [-0.3, -0.25) is 0 Å². The van der Waals surface area contributed by atoms with Crippen LogP contribution in [0.3, 0.4) is 0 Å². The van der Waals surface area contributed by atoms with E-state index in [1.807, 2.05) is 13.8 Å². The molecule has 0 unspecified atom stereocenters. The molecule has 1 aromatic rings. The summed E-state index contributed by atoms with van der Waals surface area (Å²) in [5.41, 5.74) is 1.88. The molecule has 0 saturated heterocycles. The van der Waals surface area contributed by atoms with Crippen molar-refractivity contribution >= 4 is 17.6 Å². The van der Waals surface area contributed by atoms with Crippen LogP contribution in [-0.2, 0) is 0 Å². The van der Waals surface area contributed by atoms with Crippen molar-refractivity contribution in [2.45, 2.75) is 13.8 Å². The molecule has 0 amide bonds. The zero-order chi connectivity index (χ0) is 7.56. The van der Waals surface area contributed by atoms with Gasteiger partial charge in [-0.25, -0.2) is 9.97 Å². The van der Waals surface area contributed by atoms with Crippen LogP contribution in [0.5, 0.6) is 0 Å². The molecule has 2 nitrogen and oxygen atoms in total. The third-order valence-electron chi connectivity index (χ3n) is 1.26. The summed E-state index contributed by atoms with van der Waals surface area (Å²) in [5.74, 6) is 0.790. The summed E-state index contributed by atoms with van der Waals surface area (Å²) in [6.45, 7) is 3.78. The number of aryl methyl sites for hydroxylation is 2. The van der Waals surface area contributed by atoms with E-state index in [0.29, 0.717) is 0 Å². The van der Waals surface area contributed by atoms with Crippen molar-refractivity contribution in [3.8, 4) is 0 Å². The van der Waals surface area contributed by atoms with Crippen LogP contribution >= 0.6 is 12.2 Å². The molecule has 10 heavy (non-hydrogen) atoms. The fourth-order valence-corrected chi connectivity index (χ4v) is 0.940. The Morgan fingerprint density at radius 2 is 2.20 bits per heavy atom. The number of hydrogen-bond acceptors (Lipinski definition) is 3. The number of rotatable bonds is 1. The Morgan fingerprint density at radius 3 is 2.70 bits per heavy atom. The van der Waals surface area contributed by atoms with E-state index >= 15 is 0 Å². The Bertz CT molecular complexity index is 258. The Hall–Kier alpha value is -0.830. The van der Waals surface area contributed by atoms with E-state index < -0.39 is 0 Å². The minimum atomic E-state index is 0.790. The van der Waals surface area contributed by atoms with Gasteiger partial charge in [0, 0.05) is 22.8 Å². The number of hydrogen-bond donors (Lipinski definition) is 0. The molecular formula is C7H8N2S. The molecule has 0 aliphatic rings. The molecule has 0 N–H and O–H groups in total. The second-order valence-corrected chi connectivity index (χ2v) is 2.31. The molecule has 3 heteroatoms. The van der Waals surface area contributed by atoms with Gasteiger partial charge in [0.15, 0.2) is 0 Å². The van der Waals surface area contributed by atoms with E-state index in [1.165, 1.54) is 0 Å². The fraction of sp³-hybridized carbons (Fsp3) is 0.286. The quantitative estimate of drug-likeness (QED) is 0.569. The van der Waals surface area contributed by atoms with Crippen LogP contribution in [0, 0.1) is 13.8 Å². The van der Waals surface area contributed by atoms with Crippen LogP contribution in [-0.4, -0.2) is 15.3 Å². The molecule has 0 saturated carbocycles. The van der Waals surface area contributed by atoms with Gasteiger partial charge in [0.05, 0.1) is 0 Å². The first kappa shape index (κ1) is 7.28. The highest BCUT2D eigenvalue weighted by Crippen LogP contribution is 1.99. The van der Waals surface area contributed by atoms with Crippen LogP contribution in [0.4, 0.5) is 0 Å². The molecule has 1 heterocycles. The first-order valence-electron chi connectivity index (χ1n) is 2.99. The largest absolute Gasteiger partial charge is 0.241 e. The van der Waals surface area contributed by atoms with Gasteiger partial charge in [-0.15, -0.1) is 0 Å². The molecule has 1 aromatic heterocycles. The maximum Gasteiger partial charge on any atom is 0.125 e. The zero-order valence-corrected chi connectivity index (χ0v) is 6.77. The monoisotopic (exact) mass is 152 g/mol. The van der Waals surface area contributed by atoms with Gasteiger partial charge in [0.1, 0.15) is 5.82 Å². The normalized spacial score (nSPS) is 9.40. The topological polar surface area (TPSA) is 25.8 Å². The molecule has 0 radical (unpaired) electrons. The van der Waals surface area contributed by atoms with Gasteiger partial charge < -0.3 is 0 Å². The van der Waals surface area contributed by atoms with Gasteiger partial charge in [0.25, 0.3) is 0 Å². The highest BCUT2D eigenvalue weighted by Gasteiger charge is 1.94. The Balaban J connectivity index is 3.19. The second kappa shape index (κ2) is 2.84. The molecule has 0 aliphatic carbocycles. The van der Waals surface area contributed by atoms with Crippen molar-refractivity contribution in [3.63, 3.8) is 0 Å². The van der Waals surface area contributed by atoms with Crippen LogP contribution in [0.2, 0.25) is 0 Å². The smallest absolute Gasteiger partial charge is 0.125 e. The van der Waals surface area contributed by atoms with Crippen molar-refractivity contribution in [1.29, 1.82) is 0 Å². The third-order valence-corrected chi connectivity index (χ3v) is 1.52. The second-order valence-electron chi connectivity index (χ2n) is 2.08. The van der Waals surface area contributed by atoms with Crippen LogP contribution < -0.4 is 0 Å². The number of thiocarbonyl (C=S) groups is 1. The van der Waals surface area contributed by atoms with Crippen molar-refractivity contribution in [2.24, 2.45) is 0 Å². The van der Waals surface area contributed by atoms with E-state index in [2.05, 4.69) is 9.97 Å². The maximum atomic E-state index is 4.74. The Kier molecular flexibility index (Phi) is 2.06. The van der Waals surface area contributed by atoms with Crippen molar-refractivity contribution in [2.75, 3.05) is 0 Å². The summed E-state index contributed by atoms with van der Waals surface area (Å²) in [4.78, 5) is 8.14. The molecule has 0 aromatic carbocycles. The Labute approximate surface area is 65.3 Å². The molecule has 0 spiro atoms. The lowest BCUT2D eigenvalue weighted by molar-refractivity contribution is 1.01. The molecule has 52 valence electrons. The van der Waals surface area contributed by atoms with Crippen LogP contribution in [0.1, 0.15) is 17.1 Å². The predicted molar refractivity (Wildman–Crippen MR) is 44.3 cm³/mol. The summed E-state index contributed by atoms with van der Waals surface area (Å²) in [6, 6.07) is 0. The summed E-state index contributed by atoms with van der Waals surface area (Å²) < 4.78 is 0. The van der Waals surface area contributed by atoms with Gasteiger partial charge >= 0.3 is 0 Å². The third kappa shape index (κ3) is 1.36. The van der Waals surface area contributed by atoms with Crippen molar-refractivity contribution < 1.29 is 0 Å². The summed E-state index contributed by atoms with van der Waals surface area (Å²) in [7, 11) is 0. The summed E-state index contributed by atoms with van der Waals surface area (Å²) in [5, 5.41) is 1.59. The summed E-state index contributed by atoms with van der Waals surface area (Å²) >= 11 is 4.74. The fourth-order valence-electron chi connectivity index (χ4n) is 0.708. The average Bonchev–Trinajstić information content (AvgIpc) is 1.88. The molecule has 1 rings (SSSR count). The number of aromatic nitrogens is 2. The first-order chi connectivity index (χ1) is 4.74. The molecule has 0 aliphatic heterocycles. The van der Waals surface area contributed by atoms with E-state index in [4.69, 9.17) is 12.2 Å². The lowest BCUT2D eigenvalue weighted by atomic mass is 10.3. The molecular weight excluding hydrogens is 144 g/mol. The standard InChI is InChI=1S/C7H8N2S/c1-5-7(4-10)3-8-6(2)9-5/h3-4H,1-2H3. The summed E-state index contributed by atoms with van der Waals surface area (Å²) in [6.07, 6.45) is 1.74. The lowest BCUT2D eigenvalue weighted by Crippen LogP contribution is -1.94. The van der Waals surface area contributed by atoms with Gasteiger partial charge in [-0.05, 0) is 13.8 Å². The molecule has 0 bridgehead atoms. The van der Waals surface area contributed by atoms with Crippen molar-refractivity contribution in [1.82, 2.24) is 9.97 Å². The van der Waals surface area contributed by atoms with E-state index in [9.17, 15) is 0 Å². The predicted octanol–water partition coefficient (Wildman–Crippen LogP) is 1.44. The van der Waals surface area contributed by atoms with E-state index in [-0.39, 0.29) is 0 Å². The van der Waals surface area contributed by atoms with Crippen LogP contribution in [0.15, 0.2) is 6.20 Å². The van der Waals surface area contributed by atoms with Gasteiger partial charge in [0.2, 0.25) is 0 Å². The Morgan fingerprint density at radius 1 is 1.50 bits per heavy atom. The minimum Gasteiger partial charge on any atom is -0.241 e. The SMILES string of the molecule is Cc1ncc(C=S)c(C)n1. The minimum absolute atomic E-state index is 0.790. The van der Waals surface area contributed by atoms with E-state index in [0.717, 1.165) is 17.1 Å². The van der Waals surface area contributed by atoms with E-state index in [1.54, 1.807) is 11.6 Å². The first-order valence-corrected chi connectivity index (χ1v) is 3.46. The maximum absolute atomic E-state index is 4.74. The number of nitrogens with zero attached hydrogens (tertiary/aromatic N) is 2.